The van der Waals surface area contributed by atoms with Crippen LogP contribution in [-0.4, -0.2) is 28.6 Å². The number of para-hydroxylation sites is 1. The highest BCUT2D eigenvalue weighted by atomic mass is 16.5. The number of hydrogen-bond acceptors (Lipinski definition) is 5. The molecule has 2 amide bonds. The first-order valence-corrected chi connectivity index (χ1v) is 8.72. The molecule has 0 aliphatic heterocycles. The average molecular weight is 394 g/mol. The van der Waals surface area contributed by atoms with Crippen molar-refractivity contribution < 1.29 is 14.8 Å². The SMILES string of the molecule is C=C.CC(C)(N)C(NC(=O)c1ccc(C#Cc2ccccc2N)cc1)C(=O)NO. The van der Waals surface area contributed by atoms with Gasteiger partial charge >= 0.3 is 0 Å². The quantitative estimate of drug-likeness (QED) is 0.177. The van der Waals surface area contributed by atoms with Crippen molar-refractivity contribution in [2.24, 2.45) is 5.73 Å². The van der Waals surface area contributed by atoms with Crippen LogP contribution in [0.3, 0.4) is 0 Å². The molecule has 1 unspecified atom stereocenters. The summed E-state index contributed by atoms with van der Waals surface area (Å²) in [5, 5.41) is 11.4. The van der Waals surface area contributed by atoms with E-state index in [4.69, 9.17) is 16.7 Å². The molecule has 152 valence electrons. The van der Waals surface area contributed by atoms with Gasteiger partial charge < -0.3 is 16.8 Å². The van der Waals surface area contributed by atoms with Crippen LogP contribution < -0.4 is 22.3 Å². The summed E-state index contributed by atoms with van der Waals surface area (Å²) in [7, 11) is 0. The molecule has 0 saturated carbocycles. The Morgan fingerprint density at radius 1 is 1.07 bits per heavy atom. The van der Waals surface area contributed by atoms with Crippen molar-refractivity contribution in [3.8, 4) is 11.8 Å². The minimum absolute atomic E-state index is 0.333. The zero-order valence-corrected chi connectivity index (χ0v) is 16.5. The molecule has 2 aromatic carbocycles. The van der Waals surface area contributed by atoms with Crippen LogP contribution in [0.1, 0.15) is 35.3 Å². The van der Waals surface area contributed by atoms with Gasteiger partial charge in [0.2, 0.25) is 0 Å². The zero-order chi connectivity index (χ0) is 22.0. The van der Waals surface area contributed by atoms with E-state index in [0.717, 1.165) is 5.56 Å². The lowest BCUT2D eigenvalue weighted by atomic mass is 9.95. The minimum Gasteiger partial charge on any atom is -0.398 e. The number of hydrogen-bond donors (Lipinski definition) is 5. The van der Waals surface area contributed by atoms with Gasteiger partial charge in [0, 0.05) is 27.9 Å². The van der Waals surface area contributed by atoms with Crippen molar-refractivity contribution >= 4 is 17.5 Å². The van der Waals surface area contributed by atoms with Crippen LogP contribution in [0.15, 0.2) is 61.7 Å². The summed E-state index contributed by atoms with van der Waals surface area (Å²) >= 11 is 0. The van der Waals surface area contributed by atoms with E-state index in [2.05, 4.69) is 30.3 Å². The van der Waals surface area contributed by atoms with Crippen molar-refractivity contribution in [3.63, 3.8) is 0 Å². The molecule has 0 radical (unpaired) electrons. The Labute approximate surface area is 170 Å². The highest BCUT2D eigenvalue weighted by Crippen LogP contribution is 2.11. The lowest BCUT2D eigenvalue weighted by molar-refractivity contribution is -0.132. The number of amides is 2. The molecule has 2 aromatic rings. The normalized spacial score (nSPS) is 11.0. The molecule has 7 heteroatoms. The predicted octanol–water partition coefficient (Wildman–Crippen LogP) is 1.81. The maximum atomic E-state index is 12.4. The Hall–Kier alpha value is -3.60. The molecule has 2 rings (SSSR count). The van der Waals surface area contributed by atoms with E-state index in [1.165, 1.54) is 5.48 Å². The topological polar surface area (TPSA) is 130 Å². The van der Waals surface area contributed by atoms with Crippen molar-refractivity contribution in [2.75, 3.05) is 5.73 Å². The largest absolute Gasteiger partial charge is 0.398 e. The summed E-state index contributed by atoms with van der Waals surface area (Å²) in [6.45, 7) is 9.14. The third-order valence-electron chi connectivity index (χ3n) is 3.84. The van der Waals surface area contributed by atoms with E-state index in [1.54, 1.807) is 44.2 Å². The van der Waals surface area contributed by atoms with Gasteiger partial charge in [-0.2, -0.15) is 0 Å². The van der Waals surface area contributed by atoms with Gasteiger partial charge in [-0.25, -0.2) is 5.48 Å². The lowest BCUT2D eigenvalue weighted by Crippen LogP contribution is -2.61. The first-order valence-electron chi connectivity index (χ1n) is 8.72. The molecule has 0 saturated heterocycles. The number of nitrogens with two attached hydrogens (primary N) is 2. The number of anilines is 1. The van der Waals surface area contributed by atoms with E-state index < -0.39 is 23.4 Å². The van der Waals surface area contributed by atoms with Gasteiger partial charge in [-0.15, -0.1) is 13.2 Å². The number of rotatable bonds is 4. The molecule has 0 aliphatic rings. The molecule has 0 aliphatic carbocycles. The van der Waals surface area contributed by atoms with Gasteiger partial charge in [-0.3, -0.25) is 14.8 Å². The molecule has 0 spiro atoms. The highest BCUT2D eigenvalue weighted by molar-refractivity contribution is 5.97. The average Bonchev–Trinajstić information content (AvgIpc) is 2.71. The first-order chi connectivity index (χ1) is 13.7. The van der Waals surface area contributed by atoms with Gasteiger partial charge in [-0.1, -0.05) is 24.0 Å². The second kappa shape index (κ2) is 10.7. The van der Waals surface area contributed by atoms with Crippen LogP contribution in [0, 0.1) is 11.8 Å². The minimum atomic E-state index is -1.10. The number of nitrogen functional groups attached to an aromatic ring is 1. The Kier molecular flexibility index (Phi) is 8.62. The Balaban J connectivity index is 0.00000204. The first kappa shape index (κ1) is 23.4. The second-order valence-corrected chi connectivity index (χ2v) is 6.62. The Bertz CT molecular complexity index is 906. The van der Waals surface area contributed by atoms with Gasteiger partial charge in [0.1, 0.15) is 6.04 Å². The maximum absolute atomic E-state index is 12.4. The Morgan fingerprint density at radius 3 is 2.17 bits per heavy atom. The number of carbonyl (C=O) groups is 2. The van der Waals surface area contributed by atoms with E-state index in [1.807, 2.05) is 18.2 Å². The fraction of sp³-hybridized carbons (Fsp3) is 0.182. The third kappa shape index (κ3) is 6.81. The second-order valence-electron chi connectivity index (χ2n) is 6.62. The third-order valence-corrected chi connectivity index (χ3v) is 3.84. The van der Waals surface area contributed by atoms with E-state index in [0.29, 0.717) is 16.8 Å². The summed E-state index contributed by atoms with van der Waals surface area (Å²) in [5.74, 6) is 4.68. The van der Waals surface area contributed by atoms with Gasteiger partial charge in [0.05, 0.1) is 0 Å². The van der Waals surface area contributed by atoms with E-state index in [9.17, 15) is 9.59 Å². The fourth-order valence-electron chi connectivity index (χ4n) is 2.32. The van der Waals surface area contributed by atoms with E-state index in [-0.39, 0.29) is 0 Å². The molecule has 7 N–H and O–H groups in total. The summed E-state index contributed by atoms with van der Waals surface area (Å²) in [6, 6.07) is 12.7. The van der Waals surface area contributed by atoms with Crippen molar-refractivity contribution in [1.29, 1.82) is 0 Å². The fourth-order valence-corrected chi connectivity index (χ4v) is 2.32. The summed E-state index contributed by atoms with van der Waals surface area (Å²) in [4.78, 5) is 24.1. The van der Waals surface area contributed by atoms with Crippen LogP contribution in [-0.2, 0) is 4.79 Å². The van der Waals surface area contributed by atoms with E-state index >= 15 is 0 Å². The van der Waals surface area contributed by atoms with Crippen LogP contribution >= 0.6 is 0 Å². The molecular formula is C22H26N4O3. The highest BCUT2D eigenvalue weighted by Gasteiger charge is 2.33. The van der Waals surface area contributed by atoms with Crippen LogP contribution in [0.5, 0.6) is 0 Å². The monoisotopic (exact) mass is 394 g/mol. The van der Waals surface area contributed by atoms with Crippen LogP contribution in [0.2, 0.25) is 0 Å². The summed E-state index contributed by atoms with van der Waals surface area (Å²) in [5.41, 5.74) is 14.6. The number of benzene rings is 2. The molecule has 29 heavy (non-hydrogen) atoms. The maximum Gasteiger partial charge on any atom is 0.267 e. The van der Waals surface area contributed by atoms with Gasteiger partial charge in [0.15, 0.2) is 0 Å². The molecule has 0 fully saturated rings. The molecule has 1 atom stereocenters. The van der Waals surface area contributed by atoms with Crippen LogP contribution in [0.25, 0.3) is 0 Å². The molecule has 0 heterocycles. The summed E-state index contributed by atoms with van der Waals surface area (Å²) in [6.07, 6.45) is 0. The van der Waals surface area contributed by atoms with Crippen LogP contribution in [0.4, 0.5) is 5.69 Å². The standard InChI is InChI=1S/C20H22N4O3.C2H4/c1-20(2,22)17(19(26)24-27)23-18(25)15-11-8-13(9-12-15)7-10-14-5-3-4-6-16(14)21;1-2/h3-6,8-9,11-12,17,27H,21-22H2,1-2H3,(H,23,25)(H,24,26);1-2H2. The number of carbonyl (C=O) groups excluding carboxylic acids is 2. The van der Waals surface area contributed by atoms with Gasteiger partial charge in [-0.05, 0) is 50.2 Å². The van der Waals surface area contributed by atoms with Crippen molar-refractivity contribution in [2.45, 2.75) is 25.4 Å². The lowest BCUT2D eigenvalue weighted by Gasteiger charge is -2.29. The van der Waals surface area contributed by atoms with Gasteiger partial charge in [0.25, 0.3) is 11.8 Å². The van der Waals surface area contributed by atoms with Crippen molar-refractivity contribution in [3.05, 3.63) is 78.4 Å². The van der Waals surface area contributed by atoms with Crippen molar-refractivity contribution in [1.82, 2.24) is 10.8 Å². The molecular weight excluding hydrogens is 368 g/mol. The number of nitrogens with one attached hydrogen (secondary N) is 2. The molecule has 0 aromatic heterocycles. The predicted molar refractivity (Wildman–Crippen MR) is 114 cm³/mol. The smallest absolute Gasteiger partial charge is 0.267 e. The molecule has 0 bridgehead atoms. The zero-order valence-electron chi connectivity index (χ0n) is 16.5. The molecule has 7 nitrogen and oxygen atoms in total. The summed E-state index contributed by atoms with van der Waals surface area (Å²) < 4.78 is 0. The Morgan fingerprint density at radius 2 is 1.66 bits per heavy atom. The number of hydroxylamine groups is 1.